The molecule has 2 heterocycles. The molecular formula is C12H14N2O3. The second-order valence-electron chi connectivity index (χ2n) is 3.85. The van der Waals surface area contributed by atoms with Crippen LogP contribution in [0.3, 0.4) is 0 Å². The van der Waals surface area contributed by atoms with Gasteiger partial charge < -0.3 is 13.8 Å². The Morgan fingerprint density at radius 2 is 2.41 bits per heavy atom. The number of hydrogen-bond acceptors (Lipinski definition) is 4. The van der Waals surface area contributed by atoms with Gasteiger partial charge in [-0.2, -0.15) is 0 Å². The molecule has 0 aliphatic rings. The summed E-state index contributed by atoms with van der Waals surface area (Å²) in [6, 6.07) is 3.63. The summed E-state index contributed by atoms with van der Waals surface area (Å²) in [5.41, 5.74) is 1.51. The van der Waals surface area contributed by atoms with Crippen molar-refractivity contribution in [2.75, 3.05) is 7.11 Å². The van der Waals surface area contributed by atoms with Crippen molar-refractivity contribution in [1.82, 2.24) is 9.72 Å². The number of ether oxygens (including phenoxy) is 1. The minimum atomic E-state index is 0.0592. The molecule has 0 spiro atoms. The molecule has 0 fully saturated rings. The maximum atomic E-state index is 11.1. The van der Waals surface area contributed by atoms with Gasteiger partial charge in [0.2, 0.25) is 0 Å². The maximum absolute atomic E-state index is 11.1. The number of methoxy groups -OCH3 is 1. The first-order chi connectivity index (χ1) is 8.19. The lowest BCUT2D eigenvalue weighted by Crippen LogP contribution is -1.97. The van der Waals surface area contributed by atoms with E-state index >= 15 is 0 Å². The van der Waals surface area contributed by atoms with Crippen LogP contribution in [0.25, 0.3) is 0 Å². The molecule has 0 amide bonds. The molecule has 2 rings (SSSR count). The van der Waals surface area contributed by atoms with Crippen molar-refractivity contribution in [3.8, 4) is 0 Å². The highest BCUT2D eigenvalue weighted by Gasteiger charge is 2.06. The van der Waals surface area contributed by atoms with Crippen LogP contribution < -0.4 is 0 Å². The summed E-state index contributed by atoms with van der Waals surface area (Å²) in [5.74, 6) is 0.755. The Balaban J connectivity index is 2.05. The number of carbonyl (C=O) groups is 1. The summed E-state index contributed by atoms with van der Waals surface area (Å²) in [6.07, 6.45) is 3.65. The average molecular weight is 234 g/mol. The number of ketones is 1. The highest BCUT2D eigenvalue weighted by Crippen LogP contribution is 2.09. The van der Waals surface area contributed by atoms with E-state index in [1.165, 1.54) is 0 Å². The van der Waals surface area contributed by atoms with Crippen molar-refractivity contribution < 1.29 is 14.1 Å². The number of carbonyl (C=O) groups excluding carboxylic acids is 1. The van der Waals surface area contributed by atoms with Crippen molar-refractivity contribution in [3.63, 3.8) is 0 Å². The van der Waals surface area contributed by atoms with Crippen molar-refractivity contribution in [3.05, 3.63) is 41.5 Å². The molecule has 2 aromatic heterocycles. The largest absolute Gasteiger partial charge is 0.377 e. The normalized spacial score (nSPS) is 10.7. The summed E-state index contributed by atoms with van der Waals surface area (Å²) in [4.78, 5) is 11.1. The van der Waals surface area contributed by atoms with Gasteiger partial charge in [0.05, 0.1) is 6.54 Å². The fourth-order valence-electron chi connectivity index (χ4n) is 1.57. The number of nitrogens with zero attached hydrogens (tertiary/aromatic N) is 2. The lowest BCUT2D eigenvalue weighted by molar-refractivity contribution is 0.101. The molecule has 5 nitrogen and oxygen atoms in total. The van der Waals surface area contributed by atoms with Crippen LogP contribution in [-0.4, -0.2) is 22.6 Å². The van der Waals surface area contributed by atoms with Gasteiger partial charge in [0, 0.05) is 31.1 Å². The van der Waals surface area contributed by atoms with E-state index in [0.29, 0.717) is 24.5 Å². The summed E-state index contributed by atoms with van der Waals surface area (Å²) in [7, 11) is 1.60. The second-order valence-corrected chi connectivity index (χ2v) is 3.85. The van der Waals surface area contributed by atoms with Crippen LogP contribution in [0.5, 0.6) is 0 Å². The summed E-state index contributed by atoms with van der Waals surface area (Å²) < 4.78 is 11.9. The van der Waals surface area contributed by atoms with Gasteiger partial charge in [0.1, 0.15) is 12.3 Å². The lowest BCUT2D eigenvalue weighted by atomic mass is 10.2. The van der Waals surface area contributed by atoms with E-state index in [9.17, 15) is 4.79 Å². The van der Waals surface area contributed by atoms with Gasteiger partial charge >= 0.3 is 0 Å². The highest BCUT2D eigenvalue weighted by atomic mass is 16.5. The van der Waals surface area contributed by atoms with Gasteiger partial charge in [0.15, 0.2) is 11.5 Å². The molecule has 0 aromatic carbocycles. The number of hydrogen-bond donors (Lipinski definition) is 0. The Bertz CT molecular complexity index is 513. The number of aromatic nitrogens is 2. The molecule has 0 saturated carbocycles. The van der Waals surface area contributed by atoms with Crippen LogP contribution in [0, 0.1) is 0 Å². The van der Waals surface area contributed by atoms with E-state index in [1.807, 2.05) is 16.8 Å². The van der Waals surface area contributed by atoms with E-state index in [-0.39, 0.29) is 5.78 Å². The standard InChI is InChI=1S/C12H14N2O3/c1-9(15)10-3-4-14(6-10)7-11-5-12(8-16-2)17-13-11/h3-6H,7-8H2,1-2H3. The Labute approximate surface area is 99.0 Å². The van der Waals surface area contributed by atoms with Crippen molar-refractivity contribution in [2.45, 2.75) is 20.1 Å². The smallest absolute Gasteiger partial charge is 0.162 e. The Kier molecular flexibility index (Phi) is 3.39. The third kappa shape index (κ3) is 2.82. The van der Waals surface area contributed by atoms with Crippen LogP contribution in [0.15, 0.2) is 29.0 Å². The summed E-state index contributed by atoms with van der Waals surface area (Å²) in [6.45, 7) is 2.55. The first kappa shape index (κ1) is 11.6. The van der Waals surface area contributed by atoms with Gasteiger partial charge in [-0.15, -0.1) is 0 Å². The van der Waals surface area contributed by atoms with Crippen LogP contribution in [0.2, 0.25) is 0 Å². The third-order valence-electron chi connectivity index (χ3n) is 2.40. The average Bonchev–Trinajstić information content (AvgIpc) is 2.89. The molecule has 0 saturated heterocycles. The van der Waals surface area contributed by atoms with Crippen LogP contribution >= 0.6 is 0 Å². The molecule has 0 radical (unpaired) electrons. The molecule has 0 bridgehead atoms. The maximum Gasteiger partial charge on any atom is 0.162 e. The van der Waals surface area contributed by atoms with Gasteiger partial charge in [-0.05, 0) is 13.0 Å². The summed E-state index contributed by atoms with van der Waals surface area (Å²) >= 11 is 0. The molecule has 0 N–H and O–H groups in total. The first-order valence-corrected chi connectivity index (χ1v) is 5.29. The van der Waals surface area contributed by atoms with E-state index in [4.69, 9.17) is 9.26 Å². The minimum Gasteiger partial charge on any atom is -0.377 e. The molecule has 17 heavy (non-hydrogen) atoms. The zero-order valence-corrected chi connectivity index (χ0v) is 9.84. The fraction of sp³-hybridized carbons (Fsp3) is 0.333. The van der Waals surface area contributed by atoms with E-state index in [2.05, 4.69) is 5.16 Å². The van der Waals surface area contributed by atoms with E-state index in [0.717, 1.165) is 5.69 Å². The Morgan fingerprint density at radius 1 is 1.59 bits per heavy atom. The molecule has 5 heteroatoms. The quantitative estimate of drug-likeness (QED) is 0.741. The van der Waals surface area contributed by atoms with Gasteiger partial charge in [-0.1, -0.05) is 5.16 Å². The van der Waals surface area contributed by atoms with Crippen molar-refractivity contribution in [2.24, 2.45) is 0 Å². The second kappa shape index (κ2) is 4.97. The predicted molar refractivity (Wildman–Crippen MR) is 60.8 cm³/mol. The Morgan fingerprint density at radius 3 is 3.06 bits per heavy atom. The topological polar surface area (TPSA) is 57.3 Å². The zero-order chi connectivity index (χ0) is 12.3. The van der Waals surface area contributed by atoms with E-state index < -0.39 is 0 Å². The monoisotopic (exact) mass is 234 g/mol. The highest BCUT2D eigenvalue weighted by molar-refractivity contribution is 5.93. The molecule has 0 aliphatic carbocycles. The lowest BCUT2D eigenvalue weighted by Gasteiger charge is -1.96. The molecule has 0 atom stereocenters. The third-order valence-corrected chi connectivity index (χ3v) is 2.40. The van der Waals surface area contributed by atoms with Crippen molar-refractivity contribution in [1.29, 1.82) is 0 Å². The van der Waals surface area contributed by atoms with Crippen molar-refractivity contribution >= 4 is 5.78 Å². The predicted octanol–water partition coefficient (Wildman–Crippen LogP) is 1.87. The van der Waals surface area contributed by atoms with Gasteiger partial charge in [-0.3, -0.25) is 4.79 Å². The minimum absolute atomic E-state index is 0.0592. The molecule has 0 aliphatic heterocycles. The Hall–Kier alpha value is -1.88. The molecule has 0 unspecified atom stereocenters. The van der Waals surface area contributed by atoms with Crippen LogP contribution in [-0.2, 0) is 17.9 Å². The van der Waals surface area contributed by atoms with Gasteiger partial charge in [0.25, 0.3) is 0 Å². The molecule has 90 valence electrons. The van der Waals surface area contributed by atoms with Crippen LogP contribution in [0.1, 0.15) is 28.7 Å². The fourth-order valence-corrected chi connectivity index (χ4v) is 1.57. The SMILES string of the molecule is COCc1cc(Cn2ccc(C(C)=O)c2)no1. The first-order valence-electron chi connectivity index (χ1n) is 5.29. The van der Waals surface area contributed by atoms with Crippen LogP contribution in [0.4, 0.5) is 0 Å². The zero-order valence-electron chi connectivity index (χ0n) is 9.84. The van der Waals surface area contributed by atoms with Gasteiger partial charge in [-0.25, -0.2) is 0 Å². The van der Waals surface area contributed by atoms with E-state index in [1.54, 1.807) is 26.3 Å². The summed E-state index contributed by atoms with van der Waals surface area (Å²) in [5, 5.41) is 3.92. The number of Topliss-reactive ketones (excluding diaryl/α,β-unsaturated/α-hetero) is 1. The molecule has 2 aromatic rings. The number of rotatable bonds is 5. The molecular weight excluding hydrogens is 220 g/mol.